The average molecular weight is 630 g/mol. The van der Waals surface area contributed by atoms with Crippen LogP contribution >= 0.6 is 11.3 Å². The molecule has 1 aliphatic heterocycles. The molecular weight excluding hydrogens is 603 g/mol. The molecule has 2 aliphatic rings. The van der Waals surface area contributed by atoms with Crippen LogP contribution in [0.2, 0.25) is 0 Å². The first-order chi connectivity index (χ1) is 19.9. The highest BCUT2D eigenvalue weighted by Gasteiger charge is 2.63. The molecule has 1 saturated carbocycles. The Morgan fingerprint density at radius 3 is 2.62 bits per heavy atom. The number of aryl methyl sites for hydroxylation is 1. The highest BCUT2D eigenvalue weighted by molar-refractivity contribution is 7.91. The summed E-state index contributed by atoms with van der Waals surface area (Å²) >= 11 is 0.638. The van der Waals surface area contributed by atoms with Gasteiger partial charge in [-0.3, -0.25) is 4.79 Å². The topological polar surface area (TPSA) is 148 Å². The molecule has 2 N–H and O–H groups in total. The van der Waals surface area contributed by atoms with Crippen molar-refractivity contribution < 1.29 is 50.3 Å². The fourth-order valence-corrected chi connectivity index (χ4v) is 7.47. The summed E-state index contributed by atoms with van der Waals surface area (Å²) in [7, 11) is -4.37. The summed E-state index contributed by atoms with van der Waals surface area (Å²) in [6.07, 6.45) is -4.23. The van der Waals surface area contributed by atoms with E-state index < -0.39 is 45.5 Å². The van der Waals surface area contributed by atoms with Crippen molar-refractivity contribution in [2.45, 2.75) is 41.1 Å². The zero-order chi connectivity index (χ0) is 30.1. The van der Waals surface area contributed by atoms with Crippen molar-refractivity contribution in [3.63, 3.8) is 0 Å². The van der Waals surface area contributed by atoms with Crippen LogP contribution in [0.5, 0.6) is 0 Å². The number of thiophene rings is 1. The van der Waals surface area contributed by atoms with Crippen LogP contribution in [0.4, 0.5) is 18.0 Å². The monoisotopic (exact) mass is 629 g/mol. The Balaban J connectivity index is 1.25. The summed E-state index contributed by atoms with van der Waals surface area (Å²) in [5.74, 6) is -3.34. The SMILES string of the molecule is O=C(OCCCc1ccccc1[C@H]1C[C@@]1(NS(=O)(=O)c1ccc(-c2cc(C(F)(F)F)on2)s1)C(=O)O)N1CCOCC1. The van der Waals surface area contributed by atoms with Crippen molar-refractivity contribution >= 4 is 33.4 Å². The zero-order valence-electron chi connectivity index (χ0n) is 21.9. The lowest BCUT2D eigenvalue weighted by atomic mass is 9.97. The van der Waals surface area contributed by atoms with Gasteiger partial charge in [0.05, 0.1) is 24.7 Å². The molecule has 5 rings (SSSR count). The van der Waals surface area contributed by atoms with Gasteiger partial charge in [0.25, 0.3) is 10.0 Å². The van der Waals surface area contributed by atoms with Gasteiger partial charge >= 0.3 is 18.2 Å². The van der Waals surface area contributed by atoms with E-state index in [1.165, 1.54) is 12.1 Å². The van der Waals surface area contributed by atoms with Gasteiger partial charge < -0.3 is 24.0 Å². The van der Waals surface area contributed by atoms with Crippen molar-refractivity contribution in [1.82, 2.24) is 14.8 Å². The van der Waals surface area contributed by atoms with Crippen LogP contribution in [-0.2, 0) is 36.9 Å². The highest BCUT2D eigenvalue weighted by atomic mass is 32.2. The summed E-state index contributed by atoms with van der Waals surface area (Å²) in [6, 6.07) is 10.2. The molecule has 0 radical (unpaired) electrons. The summed E-state index contributed by atoms with van der Waals surface area (Å²) in [6.45, 7) is 1.99. The third-order valence-electron chi connectivity index (χ3n) is 7.06. The molecule has 226 valence electrons. The van der Waals surface area contributed by atoms with Crippen LogP contribution < -0.4 is 4.72 Å². The van der Waals surface area contributed by atoms with Gasteiger partial charge in [0, 0.05) is 25.1 Å². The number of ether oxygens (including phenoxy) is 2. The molecule has 42 heavy (non-hydrogen) atoms. The molecular formula is C26H26F3N3O8S2. The van der Waals surface area contributed by atoms with E-state index in [9.17, 15) is 36.3 Å². The highest BCUT2D eigenvalue weighted by Crippen LogP contribution is 2.53. The number of carbonyl (C=O) groups is 2. The summed E-state index contributed by atoms with van der Waals surface area (Å²) in [5.41, 5.74) is -0.539. The van der Waals surface area contributed by atoms with Gasteiger partial charge in [-0.1, -0.05) is 29.4 Å². The lowest BCUT2D eigenvalue weighted by Gasteiger charge is -2.25. The average Bonchev–Trinajstić information content (AvgIpc) is 3.29. The number of carboxylic acid groups (broad SMARTS) is 1. The molecule has 2 aromatic heterocycles. The normalized spacial score (nSPS) is 20.8. The van der Waals surface area contributed by atoms with Crippen LogP contribution in [0.1, 0.15) is 35.6 Å². The van der Waals surface area contributed by atoms with Gasteiger partial charge in [0.15, 0.2) is 0 Å². The number of hydrogen-bond donors (Lipinski definition) is 2. The molecule has 0 bridgehead atoms. The van der Waals surface area contributed by atoms with Crippen LogP contribution in [0.15, 0.2) is 51.2 Å². The number of benzene rings is 1. The Hall–Kier alpha value is -3.47. The quantitative estimate of drug-likeness (QED) is 0.316. The first kappa shape index (κ1) is 30.0. The Labute approximate surface area is 242 Å². The van der Waals surface area contributed by atoms with E-state index in [1.54, 1.807) is 23.1 Å². The molecule has 11 nitrogen and oxygen atoms in total. The minimum atomic E-state index is -4.75. The summed E-state index contributed by atoms with van der Waals surface area (Å²) in [4.78, 5) is 26.2. The maximum atomic E-state index is 13.2. The third-order valence-corrected chi connectivity index (χ3v) is 10.2. The van der Waals surface area contributed by atoms with Gasteiger partial charge in [-0.15, -0.1) is 11.3 Å². The number of rotatable bonds is 10. The smallest absolute Gasteiger partial charge is 0.452 e. The number of carboxylic acids is 1. The maximum Gasteiger partial charge on any atom is 0.452 e. The second-order valence-corrected chi connectivity index (χ2v) is 12.8. The van der Waals surface area contributed by atoms with E-state index in [1.807, 2.05) is 6.07 Å². The number of carbonyl (C=O) groups excluding carboxylic acids is 1. The number of nitrogens with zero attached hydrogens (tertiary/aromatic N) is 2. The molecule has 3 aromatic rings. The zero-order valence-corrected chi connectivity index (χ0v) is 23.6. The number of alkyl halides is 3. The predicted molar refractivity (Wildman–Crippen MR) is 141 cm³/mol. The van der Waals surface area contributed by atoms with Crippen molar-refractivity contribution in [2.75, 3.05) is 32.9 Å². The van der Waals surface area contributed by atoms with Gasteiger partial charge in [0.2, 0.25) is 5.76 Å². The standard InChI is InChI=1S/C26H26F3N3O8S2/c27-26(28,29)21-14-19(30-40-21)20-7-8-22(41-20)42(36,37)31-25(23(33)34)15-18(25)17-6-2-1-4-16(17)5-3-11-39-24(35)32-9-12-38-13-10-32/h1-2,4,6-8,14,18,31H,3,5,9-13,15H2,(H,33,34)/t18-,25+/m1/s1. The first-order valence-electron chi connectivity index (χ1n) is 12.9. The lowest BCUT2D eigenvalue weighted by Crippen LogP contribution is -2.44. The van der Waals surface area contributed by atoms with Gasteiger partial charge in [-0.2, -0.15) is 17.9 Å². The van der Waals surface area contributed by atoms with Crippen molar-refractivity contribution in [2.24, 2.45) is 0 Å². The Bertz CT molecular complexity index is 1570. The Morgan fingerprint density at radius 2 is 1.93 bits per heavy atom. The fourth-order valence-electron chi connectivity index (χ4n) is 4.81. The van der Waals surface area contributed by atoms with Gasteiger partial charge in [0.1, 0.15) is 15.4 Å². The van der Waals surface area contributed by atoms with Crippen molar-refractivity contribution in [3.8, 4) is 10.6 Å². The van der Waals surface area contributed by atoms with E-state index in [-0.39, 0.29) is 27.8 Å². The number of hydrogen-bond acceptors (Lipinski definition) is 9. The Morgan fingerprint density at radius 1 is 1.19 bits per heavy atom. The van der Waals surface area contributed by atoms with E-state index in [0.717, 1.165) is 5.56 Å². The second kappa shape index (κ2) is 11.7. The molecule has 1 aliphatic carbocycles. The van der Waals surface area contributed by atoms with E-state index in [4.69, 9.17) is 9.47 Å². The summed E-state index contributed by atoms with van der Waals surface area (Å²) < 4.78 is 81.9. The molecule has 0 spiro atoms. The molecule has 2 fully saturated rings. The Kier molecular flexibility index (Phi) is 8.33. The lowest BCUT2D eigenvalue weighted by molar-refractivity contribution is -0.155. The second-order valence-electron chi connectivity index (χ2n) is 9.85. The molecule has 2 atom stereocenters. The van der Waals surface area contributed by atoms with Gasteiger partial charge in [-0.05, 0) is 42.5 Å². The van der Waals surface area contributed by atoms with Crippen LogP contribution in [0, 0.1) is 0 Å². The third kappa shape index (κ3) is 6.30. The molecule has 1 amide bonds. The van der Waals surface area contributed by atoms with Crippen molar-refractivity contribution in [1.29, 1.82) is 0 Å². The first-order valence-corrected chi connectivity index (χ1v) is 15.2. The molecule has 1 aromatic carbocycles. The minimum absolute atomic E-state index is 0.00105. The fraction of sp³-hybridized carbons (Fsp3) is 0.423. The van der Waals surface area contributed by atoms with Crippen molar-refractivity contribution in [3.05, 3.63) is 59.4 Å². The largest absolute Gasteiger partial charge is 0.480 e. The maximum absolute atomic E-state index is 13.2. The number of sulfonamides is 1. The van der Waals surface area contributed by atoms with E-state index in [0.29, 0.717) is 62.1 Å². The number of amides is 1. The van der Waals surface area contributed by atoms with Crippen LogP contribution in [0.25, 0.3) is 10.6 Å². The summed E-state index contributed by atoms with van der Waals surface area (Å²) in [5, 5.41) is 13.4. The predicted octanol–water partition coefficient (Wildman–Crippen LogP) is 4.11. The van der Waals surface area contributed by atoms with Crippen LogP contribution in [-0.4, -0.2) is 74.1 Å². The minimum Gasteiger partial charge on any atom is -0.480 e. The number of nitrogens with one attached hydrogen (secondary N) is 1. The molecule has 0 unspecified atom stereocenters. The number of aliphatic carboxylic acids is 1. The van der Waals surface area contributed by atoms with E-state index in [2.05, 4.69) is 14.4 Å². The van der Waals surface area contributed by atoms with Crippen LogP contribution in [0.3, 0.4) is 0 Å². The van der Waals surface area contributed by atoms with E-state index >= 15 is 0 Å². The van der Waals surface area contributed by atoms with Gasteiger partial charge in [-0.25, -0.2) is 13.2 Å². The molecule has 1 saturated heterocycles. The molecule has 3 heterocycles. The molecule has 16 heteroatoms. The number of aromatic nitrogens is 1. The number of morpholine rings is 1. The number of halogens is 3.